The number of sulfonamides is 1. The van der Waals surface area contributed by atoms with E-state index in [1.165, 1.54) is 6.07 Å². The van der Waals surface area contributed by atoms with Gasteiger partial charge in [-0.05, 0) is 44.9 Å². The molecule has 0 bridgehead atoms. The Balaban J connectivity index is 2.29. The Kier molecular flexibility index (Phi) is 6.18. The lowest BCUT2D eigenvalue weighted by Crippen LogP contribution is -2.33. The Bertz CT molecular complexity index is 631. The fourth-order valence-corrected chi connectivity index (χ4v) is 4.48. The third-order valence-electron chi connectivity index (χ3n) is 4.33. The van der Waals surface area contributed by atoms with E-state index < -0.39 is 10.0 Å². The standard InChI is InChI=1S/C17H26N2O3S/c1-3-18(4-2)17(20)15-10-9-11-16(14-15)23(21,22)19-12-7-5-6-8-13-19/h9-11,14H,3-8,12-13H2,1-2H3. The van der Waals surface area contributed by atoms with Crippen molar-refractivity contribution in [2.45, 2.75) is 44.4 Å². The number of carbonyl (C=O) groups is 1. The molecule has 1 aromatic carbocycles. The van der Waals surface area contributed by atoms with E-state index in [9.17, 15) is 13.2 Å². The van der Waals surface area contributed by atoms with Gasteiger partial charge >= 0.3 is 0 Å². The largest absolute Gasteiger partial charge is 0.339 e. The highest BCUT2D eigenvalue weighted by molar-refractivity contribution is 7.89. The molecule has 0 unspecified atom stereocenters. The summed E-state index contributed by atoms with van der Waals surface area (Å²) in [6.45, 7) is 6.18. The summed E-state index contributed by atoms with van der Waals surface area (Å²) < 4.78 is 27.2. The predicted octanol–water partition coefficient (Wildman–Crippen LogP) is 2.73. The van der Waals surface area contributed by atoms with Crippen molar-refractivity contribution in [1.82, 2.24) is 9.21 Å². The highest BCUT2D eigenvalue weighted by Gasteiger charge is 2.26. The molecule has 1 fully saturated rings. The Morgan fingerprint density at radius 1 is 1.09 bits per heavy atom. The number of hydrogen-bond acceptors (Lipinski definition) is 3. The van der Waals surface area contributed by atoms with Gasteiger partial charge in [0, 0.05) is 31.7 Å². The van der Waals surface area contributed by atoms with Crippen LogP contribution in [0.25, 0.3) is 0 Å². The van der Waals surface area contributed by atoms with Crippen LogP contribution in [0.3, 0.4) is 0 Å². The first kappa shape index (κ1) is 17.9. The van der Waals surface area contributed by atoms with Gasteiger partial charge in [0.05, 0.1) is 4.90 Å². The first-order valence-electron chi connectivity index (χ1n) is 8.40. The molecule has 1 aliphatic rings. The van der Waals surface area contributed by atoms with Crippen molar-refractivity contribution in [3.05, 3.63) is 29.8 Å². The zero-order valence-electron chi connectivity index (χ0n) is 14.0. The first-order chi connectivity index (χ1) is 11.0. The lowest BCUT2D eigenvalue weighted by Gasteiger charge is -2.21. The monoisotopic (exact) mass is 338 g/mol. The first-order valence-corrected chi connectivity index (χ1v) is 9.84. The van der Waals surface area contributed by atoms with E-state index in [-0.39, 0.29) is 10.8 Å². The molecule has 5 nitrogen and oxygen atoms in total. The molecule has 0 radical (unpaired) electrons. The number of carbonyl (C=O) groups excluding carboxylic acids is 1. The topological polar surface area (TPSA) is 57.7 Å². The molecule has 0 N–H and O–H groups in total. The van der Waals surface area contributed by atoms with Gasteiger partial charge in [0.1, 0.15) is 0 Å². The summed E-state index contributed by atoms with van der Waals surface area (Å²) in [7, 11) is -3.52. The second-order valence-corrected chi connectivity index (χ2v) is 7.76. The molecular weight excluding hydrogens is 312 g/mol. The molecule has 1 amide bonds. The quantitative estimate of drug-likeness (QED) is 0.829. The molecular formula is C17H26N2O3S. The maximum Gasteiger partial charge on any atom is 0.253 e. The second kappa shape index (κ2) is 7.93. The molecule has 0 aliphatic carbocycles. The van der Waals surface area contributed by atoms with E-state index in [2.05, 4.69) is 0 Å². The smallest absolute Gasteiger partial charge is 0.253 e. The van der Waals surface area contributed by atoms with Crippen molar-refractivity contribution in [2.24, 2.45) is 0 Å². The summed E-state index contributed by atoms with van der Waals surface area (Å²) in [6.07, 6.45) is 3.95. The highest BCUT2D eigenvalue weighted by atomic mass is 32.2. The van der Waals surface area contributed by atoms with Gasteiger partial charge in [-0.25, -0.2) is 8.42 Å². The van der Waals surface area contributed by atoms with Crippen LogP contribution in [0.1, 0.15) is 49.9 Å². The van der Waals surface area contributed by atoms with E-state index in [4.69, 9.17) is 0 Å². The summed E-state index contributed by atoms with van der Waals surface area (Å²) in [4.78, 5) is 14.3. The van der Waals surface area contributed by atoms with E-state index in [1.807, 2.05) is 13.8 Å². The van der Waals surface area contributed by atoms with Crippen LogP contribution in [0, 0.1) is 0 Å². The van der Waals surface area contributed by atoms with Crippen LogP contribution < -0.4 is 0 Å². The maximum absolute atomic E-state index is 12.8. The summed E-state index contributed by atoms with van der Waals surface area (Å²) in [5, 5.41) is 0. The fraction of sp³-hybridized carbons (Fsp3) is 0.588. The lowest BCUT2D eigenvalue weighted by atomic mass is 10.2. The van der Waals surface area contributed by atoms with Crippen LogP contribution in [0.4, 0.5) is 0 Å². The molecule has 1 aromatic rings. The number of hydrogen-bond donors (Lipinski definition) is 0. The molecule has 1 saturated heterocycles. The Morgan fingerprint density at radius 3 is 2.26 bits per heavy atom. The molecule has 6 heteroatoms. The van der Waals surface area contributed by atoms with Gasteiger partial charge in [-0.1, -0.05) is 18.9 Å². The van der Waals surface area contributed by atoms with Gasteiger partial charge in [-0.3, -0.25) is 4.79 Å². The molecule has 0 atom stereocenters. The minimum absolute atomic E-state index is 0.122. The van der Waals surface area contributed by atoms with Crippen molar-refractivity contribution < 1.29 is 13.2 Å². The normalized spacial score (nSPS) is 16.8. The van der Waals surface area contributed by atoms with Gasteiger partial charge in [0.25, 0.3) is 5.91 Å². The average Bonchev–Trinajstić information content (AvgIpc) is 2.86. The SMILES string of the molecule is CCN(CC)C(=O)c1cccc(S(=O)(=O)N2CCCCCC2)c1. The molecule has 0 spiro atoms. The van der Waals surface area contributed by atoms with Gasteiger partial charge < -0.3 is 4.90 Å². The second-order valence-electron chi connectivity index (χ2n) is 5.82. The molecule has 0 aromatic heterocycles. The predicted molar refractivity (Wildman–Crippen MR) is 90.9 cm³/mol. The van der Waals surface area contributed by atoms with Crippen LogP contribution in [0.2, 0.25) is 0 Å². The Hall–Kier alpha value is -1.40. The molecule has 23 heavy (non-hydrogen) atoms. The van der Waals surface area contributed by atoms with Crippen molar-refractivity contribution >= 4 is 15.9 Å². The summed E-state index contributed by atoms with van der Waals surface area (Å²) in [6, 6.07) is 6.43. The number of nitrogens with zero attached hydrogens (tertiary/aromatic N) is 2. The fourth-order valence-electron chi connectivity index (χ4n) is 2.91. The highest BCUT2D eigenvalue weighted by Crippen LogP contribution is 2.21. The summed E-state index contributed by atoms with van der Waals surface area (Å²) in [5.41, 5.74) is 0.435. The lowest BCUT2D eigenvalue weighted by molar-refractivity contribution is 0.0772. The number of rotatable bonds is 5. The minimum Gasteiger partial charge on any atom is -0.339 e. The molecule has 2 rings (SSSR count). The Labute approximate surface area is 139 Å². The van der Waals surface area contributed by atoms with E-state index in [0.717, 1.165) is 25.7 Å². The van der Waals surface area contributed by atoms with E-state index in [1.54, 1.807) is 27.4 Å². The van der Waals surface area contributed by atoms with Crippen LogP contribution in [0.5, 0.6) is 0 Å². The van der Waals surface area contributed by atoms with Gasteiger partial charge in [-0.15, -0.1) is 0 Å². The molecule has 1 aliphatic heterocycles. The van der Waals surface area contributed by atoms with Crippen molar-refractivity contribution in [2.75, 3.05) is 26.2 Å². The van der Waals surface area contributed by atoms with Crippen LogP contribution >= 0.6 is 0 Å². The Morgan fingerprint density at radius 2 is 1.70 bits per heavy atom. The molecule has 128 valence electrons. The van der Waals surface area contributed by atoms with E-state index in [0.29, 0.717) is 31.7 Å². The van der Waals surface area contributed by atoms with Crippen LogP contribution in [-0.4, -0.2) is 49.7 Å². The van der Waals surface area contributed by atoms with Gasteiger partial charge in [0.2, 0.25) is 10.0 Å². The van der Waals surface area contributed by atoms with Crippen molar-refractivity contribution in [3.8, 4) is 0 Å². The maximum atomic E-state index is 12.8. The van der Waals surface area contributed by atoms with Gasteiger partial charge in [-0.2, -0.15) is 4.31 Å². The van der Waals surface area contributed by atoms with Crippen LogP contribution in [0.15, 0.2) is 29.2 Å². The zero-order valence-corrected chi connectivity index (χ0v) is 14.8. The third kappa shape index (κ3) is 4.12. The average molecular weight is 338 g/mol. The number of benzene rings is 1. The molecule has 0 saturated carbocycles. The van der Waals surface area contributed by atoms with Crippen molar-refractivity contribution in [1.29, 1.82) is 0 Å². The van der Waals surface area contributed by atoms with Gasteiger partial charge in [0.15, 0.2) is 0 Å². The number of amides is 1. The van der Waals surface area contributed by atoms with E-state index >= 15 is 0 Å². The summed E-state index contributed by atoms with van der Waals surface area (Å²) >= 11 is 0. The zero-order chi connectivity index (χ0) is 16.9. The summed E-state index contributed by atoms with van der Waals surface area (Å²) in [5.74, 6) is -0.122. The third-order valence-corrected chi connectivity index (χ3v) is 6.23. The van der Waals surface area contributed by atoms with Crippen molar-refractivity contribution in [3.63, 3.8) is 0 Å². The van der Waals surface area contributed by atoms with Crippen LogP contribution in [-0.2, 0) is 10.0 Å². The minimum atomic E-state index is -3.52. The molecule has 1 heterocycles.